The van der Waals surface area contributed by atoms with E-state index < -0.39 is 12.1 Å². The number of carbonyl (C=O) groups excluding carboxylic acids is 1. The first-order valence-corrected chi connectivity index (χ1v) is 2.93. The van der Waals surface area contributed by atoms with Crippen LogP contribution < -0.4 is 0 Å². The first-order valence-electron chi connectivity index (χ1n) is 2.93. The first kappa shape index (κ1) is 8.03. The number of amides is 1. The van der Waals surface area contributed by atoms with Crippen LogP contribution in [0.2, 0.25) is 0 Å². The van der Waals surface area contributed by atoms with Gasteiger partial charge in [0.15, 0.2) is 0 Å². The molecule has 0 saturated carbocycles. The van der Waals surface area contributed by atoms with Gasteiger partial charge in [-0.25, -0.2) is 5.01 Å². The molecule has 0 bridgehead atoms. The summed E-state index contributed by atoms with van der Waals surface area (Å²) in [7, 11) is 0. The van der Waals surface area contributed by atoms with E-state index in [1.54, 1.807) is 0 Å². The van der Waals surface area contributed by atoms with Crippen molar-refractivity contribution in [3.63, 3.8) is 0 Å². The molecule has 0 fully saturated rings. The molecule has 11 heavy (non-hydrogen) atoms. The second-order valence-electron chi connectivity index (χ2n) is 2.01. The van der Waals surface area contributed by atoms with E-state index in [9.17, 15) is 18.0 Å². The summed E-state index contributed by atoms with van der Waals surface area (Å²) in [5.41, 5.74) is 0. The molecule has 62 valence electrons. The lowest BCUT2D eigenvalue weighted by Gasteiger charge is -2.12. The Kier molecular flexibility index (Phi) is 1.84. The maximum absolute atomic E-state index is 11.6. The van der Waals surface area contributed by atoms with Crippen molar-refractivity contribution >= 4 is 12.1 Å². The van der Waals surface area contributed by atoms with Gasteiger partial charge in [0.1, 0.15) is 0 Å². The second kappa shape index (κ2) is 2.52. The van der Waals surface area contributed by atoms with E-state index in [2.05, 4.69) is 5.10 Å². The van der Waals surface area contributed by atoms with Crippen LogP contribution >= 0.6 is 0 Å². The smallest absolute Gasteiger partial charge is 0.262 e. The van der Waals surface area contributed by atoms with Crippen LogP contribution in [0.4, 0.5) is 13.2 Å². The highest BCUT2D eigenvalue weighted by Crippen LogP contribution is 2.19. The Morgan fingerprint density at radius 1 is 1.55 bits per heavy atom. The molecule has 1 amide bonds. The summed E-state index contributed by atoms with van der Waals surface area (Å²) in [6.07, 6.45) is -3.13. The monoisotopic (exact) mass is 166 g/mol. The van der Waals surface area contributed by atoms with Gasteiger partial charge in [-0.2, -0.15) is 18.3 Å². The normalized spacial score (nSPS) is 17.5. The van der Waals surface area contributed by atoms with E-state index >= 15 is 0 Å². The number of hydrogen-bond donors (Lipinski definition) is 0. The predicted molar refractivity (Wildman–Crippen MR) is 30.9 cm³/mol. The van der Waals surface area contributed by atoms with Gasteiger partial charge in [0.25, 0.3) is 0 Å². The molecule has 0 aromatic carbocycles. The molecule has 1 rings (SSSR count). The van der Waals surface area contributed by atoms with Crippen LogP contribution in [0.15, 0.2) is 5.10 Å². The molecule has 0 atom stereocenters. The van der Waals surface area contributed by atoms with E-state index in [4.69, 9.17) is 0 Å². The maximum atomic E-state index is 11.6. The zero-order valence-electron chi connectivity index (χ0n) is 5.43. The van der Waals surface area contributed by atoms with Gasteiger partial charge in [-0.05, 0) is 0 Å². The summed E-state index contributed by atoms with van der Waals surface area (Å²) in [6.45, 7) is 0.0261. The third-order valence-corrected chi connectivity index (χ3v) is 1.17. The molecule has 6 heteroatoms. The molecular weight excluding hydrogens is 161 g/mol. The number of alkyl halides is 3. The zero-order valence-corrected chi connectivity index (χ0v) is 5.43. The molecule has 0 saturated heterocycles. The van der Waals surface area contributed by atoms with Crippen LogP contribution in [0.1, 0.15) is 6.42 Å². The minimum atomic E-state index is -4.80. The Labute approximate surface area is 60.5 Å². The topological polar surface area (TPSA) is 32.7 Å². The molecule has 0 aliphatic carbocycles. The zero-order chi connectivity index (χ0) is 8.48. The predicted octanol–water partition coefficient (Wildman–Crippen LogP) is 0.767. The summed E-state index contributed by atoms with van der Waals surface area (Å²) in [6, 6.07) is 0. The Balaban J connectivity index is 2.61. The molecule has 0 radical (unpaired) electrons. The highest BCUT2D eigenvalue weighted by molar-refractivity contribution is 5.83. The number of hydrogen-bond acceptors (Lipinski definition) is 2. The minimum absolute atomic E-state index is 0.0261. The van der Waals surface area contributed by atoms with Gasteiger partial charge >= 0.3 is 12.1 Å². The highest BCUT2D eigenvalue weighted by Gasteiger charge is 2.43. The average molecular weight is 166 g/mol. The molecule has 1 heterocycles. The summed E-state index contributed by atoms with van der Waals surface area (Å²) >= 11 is 0. The van der Waals surface area contributed by atoms with Crippen molar-refractivity contribution < 1.29 is 18.0 Å². The lowest BCUT2D eigenvalue weighted by atomic mass is 10.4. The fourth-order valence-corrected chi connectivity index (χ4v) is 0.694. The number of halogens is 3. The number of nitrogens with zero attached hydrogens (tertiary/aromatic N) is 2. The molecule has 0 aromatic heterocycles. The van der Waals surface area contributed by atoms with Gasteiger partial charge < -0.3 is 0 Å². The van der Waals surface area contributed by atoms with Crippen molar-refractivity contribution in [3.8, 4) is 0 Å². The van der Waals surface area contributed by atoms with Crippen LogP contribution in [0.5, 0.6) is 0 Å². The molecule has 1 aliphatic heterocycles. The van der Waals surface area contributed by atoms with E-state index in [1.807, 2.05) is 0 Å². The quantitative estimate of drug-likeness (QED) is 0.523. The van der Waals surface area contributed by atoms with E-state index in [1.165, 1.54) is 6.21 Å². The highest BCUT2D eigenvalue weighted by atomic mass is 19.4. The van der Waals surface area contributed by atoms with Gasteiger partial charge in [0, 0.05) is 19.2 Å². The van der Waals surface area contributed by atoms with Crippen LogP contribution in [0.3, 0.4) is 0 Å². The Morgan fingerprint density at radius 3 is 2.55 bits per heavy atom. The summed E-state index contributed by atoms with van der Waals surface area (Å²) in [4.78, 5) is 10.4. The second-order valence-corrected chi connectivity index (χ2v) is 2.01. The molecule has 0 aromatic rings. The molecule has 3 nitrogen and oxygen atoms in total. The van der Waals surface area contributed by atoms with Gasteiger partial charge in [-0.15, -0.1) is 0 Å². The Bertz CT molecular complexity index is 198. The molecule has 0 N–H and O–H groups in total. The van der Waals surface area contributed by atoms with Crippen molar-refractivity contribution in [2.24, 2.45) is 5.10 Å². The molecule has 0 unspecified atom stereocenters. The van der Waals surface area contributed by atoms with Crippen LogP contribution in [-0.4, -0.2) is 29.9 Å². The lowest BCUT2D eigenvalue weighted by Crippen LogP contribution is -2.36. The standard InChI is InChI=1S/C5H5F3N2O/c6-5(7,8)4(11)10-3-1-2-9-10/h2H,1,3H2. The van der Waals surface area contributed by atoms with Crippen molar-refractivity contribution in [1.29, 1.82) is 0 Å². The van der Waals surface area contributed by atoms with Gasteiger partial charge in [0.05, 0.1) is 0 Å². The molecular formula is C5H5F3N2O. The first-order chi connectivity index (χ1) is 5.02. The van der Waals surface area contributed by atoms with Gasteiger partial charge in [-0.1, -0.05) is 0 Å². The van der Waals surface area contributed by atoms with Gasteiger partial charge in [-0.3, -0.25) is 4.79 Å². The third-order valence-electron chi connectivity index (χ3n) is 1.17. The SMILES string of the molecule is O=C(N1CCC=N1)C(F)(F)F. The van der Waals surface area contributed by atoms with E-state index in [0.29, 0.717) is 11.4 Å². The van der Waals surface area contributed by atoms with Crippen molar-refractivity contribution in [1.82, 2.24) is 5.01 Å². The number of hydrazone groups is 1. The van der Waals surface area contributed by atoms with Crippen molar-refractivity contribution in [3.05, 3.63) is 0 Å². The van der Waals surface area contributed by atoms with Crippen LogP contribution in [0.25, 0.3) is 0 Å². The van der Waals surface area contributed by atoms with Gasteiger partial charge in [0.2, 0.25) is 0 Å². The third kappa shape index (κ3) is 1.69. The largest absolute Gasteiger partial charge is 0.473 e. The fraction of sp³-hybridized carbons (Fsp3) is 0.600. The lowest BCUT2D eigenvalue weighted by molar-refractivity contribution is -0.184. The van der Waals surface area contributed by atoms with E-state index in [0.717, 1.165) is 0 Å². The minimum Gasteiger partial charge on any atom is -0.262 e. The maximum Gasteiger partial charge on any atom is 0.473 e. The fourth-order valence-electron chi connectivity index (χ4n) is 0.694. The summed E-state index contributed by atoms with van der Waals surface area (Å²) in [5, 5.41) is 3.66. The van der Waals surface area contributed by atoms with E-state index in [-0.39, 0.29) is 6.54 Å². The summed E-state index contributed by atoms with van der Waals surface area (Å²) < 4.78 is 34.9. The van der Waals surface area contributed by atoms with Crippen LogP contribution in [-0.2, 0) is 4.79 Å². The summed E-state index contributed by atoms with van der Waals surface area (Å²) in [5.74, 6) is -1.90. The Morgan fingerprint density at radius 2 is 2.18 bits per heavy atom. The van der Waals surface area contributed by atoms with Crippen molar-refractivity contribution in [2.45, 2.75) is 12.6 Å². The Hall–Kier alpha value is -1.07. The number of rotatable bonds is 0. The molecule has 1 aliphatic rings. The van der Waals surface area contributed by atoms with Crippen molar-refractivity contribution in [2.75, 3.05) is 6.54 Å². The average Bonchev–Trinajstić information content (AvgIpc) is 2.34. The number of carbonyl (C=O) groups is 1. The van der Waals surface area contributed by atoms with Crippen LogP contribution in [0, 0.1) is 0 Å². The molecule has 0 spiro atoms.